The Morgan fingerprint density at radius 2 is 1.86 bits per heavy atom. The van der Waals surface area contributed by atoms with Crippen molar-refractivity contribution in [1.29, 1.82) is 0 Å². The number of halogens is 1. The summed E-state index contributed by atoms with van der Waals surface area (Å²) in [7, 11) is 0. The number of primary amides is 1. The minimum atomic E-state index is -0.664. The number of nitrogens with one attached hydrogen (secondary N) is 3. The molecule has 0 saturated heterocycles. The first-order valence-electron chi connectivity index (χ1n) is 13.8. The third kappa shape index (κ3) is 9.73. The number of nitrogens with two attached hydrogens (primary N) is 2. The minimum absolute atomic E-state index is 0.0513. The van der Waals surface area contributed by atoms with Crippen molar-refractivity contribution in [2.45, 2.75) is 38.1 Å². The number of pyridine rings is 1. The zero-order valence-electron chi connectivity index (χ0n) is 23.3. The van der Waals surface area contributed by atoms with E-state index in [0.29, 0.717) is 58.4 Å². The lowest BCUT2D eigenvalue weighted by Gasteiger charge is -2.14. The first-order chi connectivity index (χ1) is 20.7. The molecule has 0 unspecified atom stereocenters. The molecule has 1 fully saturated rings. The van der Waals surface area contributed by atoms with Gasteiger partial charge in [-0.2, -0.15) is 0 Å². The van der Waals surface area contributed by atoms with Gasteiger partial charge in [0.1, 0.15) is 17.2 Å². The molecule has 0 radical (unpaired) electrons. The van der Waals surface area contributed by atoms with Crippen LogP contribution in [0, 0.1) is 0 Å². The van der Waals surface area contributed by atoms with Crippen LogP contribution in [0.5, 0.6) is 17.2 Å². The second-order valence-corrected chi connectivity index (χ2v) is 11.2. The summed E-state index contributed by atoms with van der Waals surface area (Å²) in [5.41, 5.74) is 12.0. The van der Waals surface area contributed by atoms with Gasteiger partial charge in [-0.25, -0.2) is 4.79 Å². The molecule has 1 heterocycles. The maximum atomic E-state index is 12.3. The van der Waals surface area contributed by atoms with Crippen LogP contribution in [-0.4, -0.2) is 59.4 Å². The van der Waals surface area contributed by atoms with Crippen LogP contribution < -0.4 is 36.9 Å². The van der Waals surface area contributed by atoms with Crippen molar-refractivity contribution in [3.8, 4) is 17.2 Å². The Balaban J connectivity index is 1.33. The standard InChI is InChI=1S/C29H33ClN6O6S/c30-21-12-18(6-7-22(21)36-29(40)35-17-4-5-17)42-24-8-10-33-23-14-25(20(28(32)39)13-19(23)24)41-11-3-1-2-9-34-26(37)16-43-27(38)15-31/h6-8,10,12-14,17H,1-5,9,11,15-16,31H2,(H2,32,39)(H,34,37)(H2,35,36,40). The summed E-state index contributed by atoms with van der Waals surface area (Å²) < 4.78 is 11.9. The van der Waals surface area contributed by atoms with Crippen LogP contribution in [0.15, 0.2) is 42.6 Å². The molecule has 12 nitrogen and oxygen atoms in total. The van der Waals surface area contributed by atoms with E-state index in [4.69, 9.17) is 32.5 Å². The predicted molar refractivity (Wildman–Crippen MR) is 166 cm³/mol. The van der Waals surface area contributed by atoms with Gasteiger partial charge in [0.25, 0.3) is 5.91 Å². The molecule has 1 aliphatic carbocycles. The molecule has 0 aliphatic heterocycles. The number of anilines is 1. The lowest BCUT2D eigenvalue weighted by atomic mass is 10.1. The number of fused-ring (bicyclic) bond motifs is 1. The number of nitrogens with zero attached hydrogens (tertiary/aromatic N) is 1. The highest BCUT2D eigenvalue weighted by Crippen LogP contribution is 2.35. The summed E-state index contributed by atoms with van der Waals surface area (Å²) in [6, 6.07) is 9.68. The van der Waals surface area contributed by atoms with Crippen LogP contribution in [0.2, 0.25) is 5.02 Å². The van der Waals surface area contributed by atoms with Crippen molar-refractivity contribution in [2.75, 3.05) is 30.8 Å². The summed E-state index contributed by atoms with van der Waals surface area (Å²) in [6.07, 6.45) is 5.70. The number of amides is 4. The molecule has 3 aromatic rings. The van der Waals surface area contributed by atoms with Gasteiger partial charge in [-0.15, -0.1) is 0 Å². The van der Waals surface area contributed by atoms with Crippen molar-refractivity contribution in [2.24, 2.45) is 11.5 Å². The fraction of sp³-hybridized carbons (Fsp3) is 0.345. The zero-order chi connectivity index (χ0) is 30.8. The average molecular weight is 629 g/mol. The molecule has 2 aromatic carbocycles. The quantitative estimate of drug-likeness (QED) is 0.155. The van der Waals surface area contributed by atoms with Crippen molar-refractivity contribution in [3.63, 3.8) is 0 Å². The Kier molecular flexibility index (Phi) is 11.4. The van der Waals surface area contributed by atoms with Crippen LogP contribution in [0.1, 0.15) is 42.5 Å². The second-order valence-electron chi connectivity index (χ2n) is 9.78. The molecule has 1 aromatic heterocycles. The van der Waals surface area contributed by atoms with Gasteiger partial charge in [-0.3, -0.25) is 19.4 Å². The summed E-state index contributed by atoms with van der Waals surface area (Å²) >= 11 is 7.28. The molecule has 4 amide bonds. The van der Waals surface area contributed by atoms with Crippen molar-refractivity contribution >= 4 is 62.9 Å². The van der Waals surface area contributed by atoms with Crippen molar-refractivity contribution < 1.29 is 28.7 Å². The van der Waals surface area contributed by atoms with Crippen LogP contribution in [-0.2, 0) is 9.59 Å². The Morgan fingerprint density at radius 1 is 1.05 bits per heavy atom. The Hall–Kier alpha value is -4.07. The highest BCUT2D eigenvalue weighted by molar-refractivity contribution is 8.14. The van der Waals surface area contributed by atoms with Crippen molar-refractivity contribution in [3.05, 3.63) is 53.2 Å². The molecule has 7 N–H and O–H groups in total. The summed E-state index contributed by atoms with van der Waals surface area (Å²) in [5, 5.41) is 8.95. The molecular formula is C29H33ClN6O6S. The predicted octanol–water partition coefficient (Wildman–Crippen LogP) is 3.95. The molecule has 4 rings (SSSR count). The number of rotatable bonds is 15. The van der Waals surface area contributed by atoms with Gasteiger partial charge in [0.15, 0.2) is 0 Å². The molecule has 1 saturated carbocycles. The number of ether oxygens (including phenoxy) is 2. The Labute approximate surface area is 257 Å². The SMILES string of the molecule is NCC(=O)SCC(=O)NCCCCCOc1cc2nccc(Oc3ccc(NC(=O)NC4CC4)c(Cl)c3)c2cc1C(N)=O. The number of carbonyl (C=O) groups excluding carboxylic acids is 4. The number of unbranched alkanes of at least 4 members (excludes halogenated alkanes) is 2. The van der Waals surface area contributed by atoms with E-state index in [1.807, 2.05) is 0 Å². The molecule has 0 bridgehead atoms. The summed E-state index contributed by atoms with van der Waals surface area (Å²) in [4.78, 5) is 51.6. The fourth-order valence-electron chi connectivity index (χ4n) is 3.98. The van der Waals surface area contributed by atoms with E-state index in [-0.39, 0.29) is 41.0 Å². The van der Waals surface area contributed by atoms with E-state index < -0.39 is 5.91 Å². The molecule has 1 aliphatic rings. The van der Waals surface area contributed by atoms with Crippen LogP contribution in [0.25, 0.3) is 10.9 Å². The van der Waals surface area contributed by atoms with Crippen molar-refractivity contribution in [1.82, 2.24) is 15.6 Å². The highest BCUT2D eigenvalue weighted by Gasteiger charge is 2.23. The Morgan fingerprint density at radius 3 is 2.58 bits per heavy atom. The Bertz CT molecular complexity index is 1500. The third-order valence-electron chi connectivity index (χ3n) is 6.33. The van der Waals surface area contributed by atoms with E-state index in [1.54, 1.807) is 42.6 Å². The second kappa shape index (κ2) is 15.4. The lowest BCUT2D eigenvalue weighted by Crippen LogP contribution is -2.30. The first kappa shape index (κ1) is 31.9. The summed E-state index contributed by atoms with van der Waals surface area (Å²) in [5.74, 6) is 0.327. The average Bonchev–Trinajstić information content (AvgIpc) is 3.80. The number of hydrogen-bond donors (Lipinski definition) is 5. The first-order valence-corrected chi connectivity index (χ1v) is 15.1. The van der Waals surface area contributed by atoms with Gasteiger partial charge in [0.05, 0.1) is 40.7 Å². The van der Waals surface area contributed by atoms with Gasteiger partial charge in [0, 0.05) is 36.3 Å². The largest absolute Gasteiger partial charge is 0.493 e. The van der Waals surface area contributed by atoms with E-state index in [1.165, 1.54) is 0 Å². The van der Waals surface area contributed by atoms with E-state index in [2.05, 4.69) is 20.9 Å². The van der Waals surface area contributed by atoms with E-state index >= 15 is 0 Å². The van der Waals surface area contributed by atoms with Crippen LogP contribution >= 0.6 is 23.4 Å². The van der Waals surface area contributed by atoms with Crippen LogP contribution in [0.3, 0.4) is 0 Å². The zero-order valence-corrected chi connectivity index (χ0v) is 24.9. The maximum absolute atomic E-state index is 12.3. The maximum Gasteiger partial charge on any atom is 0.319 e. The number of carbonyl (C=O) groups is 4. The molecular weight excluding hydrogens is 596 g/mol. The lowest BCUT2D eigenvalue weighted by molar-refractivity contribution is -0.118. The van der Waals surface area contributed by atoms with Gasteiger partial charge in [-0.1, -0.05) is 23.4 Å². The van der Waals surface area contributed by atoms with E-state index in [9.17, 15) is 19.2 Å². The number of aromatic nitrogens is 1. The van der Waals surface area contributed by atoms with Gasteiger partial charge in [0.2, 0.25) is 11.0 Å². The third-order valence-corrected chi connectivity index (χ3v) is 7.54. The fourth-order valence-corrected chi connectivity index (χ4v) is 4.71. The van der Waals surface area contributed by atoms with Gasteiger partial charge < -0.3 is 36.9 Å². The van der Waals surface area contributed by atoms with Gasteiger partial charge in [-0.05, 0) is 56.4 Å². The number of hydrogen-bond acceptors (Lipinski definition) is 9. The molecule has 228 valence electrons. The van der Waals surface area contributed by atoms with Gasteiger partial charge >= 0.3 is 6.03 Å². The number of thioether (sulfide) groups is 1. The molecule has 0 spiro atoms. The van der Waals surface area contributed by atoms with Crippen LogP contribution in [0.4, 0.5) is 10.5 Å². The highest BCUT2D eigenvalue weighted by atomic mass is 35.5. The molecule has 14 heteroatoms. The molecule has 43 heavy (non-hydrogen) atoms. The monoisotopic (exact) mass is 628 g/mol. The normalized spacial score (nSPS) is 12.4. The number of benzene rings is 2. The summed E-state index contributed by atoms with van der Waals surface area (Å²) in [6.45, 7) is 0.711. The smallest absolute Gasteiger partial charge is 0.319 e. The molecule has 0 atom stereocenters. The minimum Gasteiger partial charge on any atom is -0.493 e. The number of urea groups is 1. The van der Waals surface area contributed by atoms with E-state index in [0.717, 1.165) is 37.4 Å². The topological polar surface area (TPSA) is 188 Å².